The average Bonchev–Trinajstić information content (AvgIpc) is 3.01. The zero-order chi connectivity index (χ0) is 24.6. The number of imide groups is 1. The topological polar surface area (TPSA) is 78.5 Å². The van der Waals surface area contributed by atoms with E-state index in [1.165, 1.54) is 12.1 Å². The molecule has 0 aromatic heterocycles. The van der Waals surface area contributed by atoms with E-state index in [1.807, 2.05) is 19.9 Å². The Kier molecular flexibility index (Phi) is 6.66. The van der Waals surface area contributed by atoms with Crippen molar-refractivity contribution in [1.29, 1.82) is 0 Å². The summed E-state index contributed by atoms with van der Waals surface area (Å²) in [5.41, 5.74) is 3.26. The molecule has 0 unspecified atom stereocenters. The maximum atomic E-state index is 13.1. The maximum absolute atomic E-state index is 13.1. The summed E-state index contributed by atoms with van der Waals surface area (Å²) in [6, 6.07) is 16.5. The number of amides is 3. The van der Waals surface area contributed by atoms with Crippen molar-refractivity contribution < 1.29 is 14.4 Å². The van der Waals surface area contributed by atoms with Gasteiger partial charge in [0.05, 0.1) is 16.4 Å². The quantitative estimate of drug-likeness (QED) is 0.392. The summed E-state index contributed by atoms with van der Waals surface area (Å²) in [5, 5.41) is 6.13. The third-order valence-corrected chi connectivity index (χ3v) is 6.32. The number of hydrogen-bond donors (Lipinski definition) is 2. The smallest absolute Gasteiger partial charge is 0.283 e. The summed E-state index contributed by atoms with van der Waals surface area (Å²) in [7, 11) is 0. The molecule has 0 spiro atoms. The van der Waals surface area contributed by atoms with Crippen LogP contribution in [0.5, 0.6) is 0 Å². The van der Waals surface area contributed by atoms with Gasteiger partial charge in [-0.3, -0.25) is 14.4 Å². The van der Waals surface area contributed by atoms with Gasteiger partial charge in [0.1, 0.15) is 10.7 Å². The highest BCUT2D eigenvalue weighted by Crippen LogP contribution is 2.33. The van der Waals surface area contributed by atoms with Gasteiger partial charge >= 0.3 is 0 Å². The predicted octanol–water partition coefficient (Wildman–Crippen LogP) is 6.30. The summed E-state index contributed by atoms with van der Waals surface area (Å²) < 4.78 is 0. The number of nitrogens with zero attached hydrogens (tertiary/aromatic N) is 1. The fraction of sp³-hybridized carbons (Fsp3) is 0.0800. The molecular weight excluding hydrogens is 497 g/mol. The lowest BCUT2D eigenvalue weighted by atomic mass is 10.1. The van der Waals surface area contributed by atoms with E-state index in [0.29, 0.717) is 32.7 Å². The second-order valence-corrected chi connectivity index (χ2v) is 8.86. The summed E-state index contributed by atoms with van der Waals surface area (Å²) in [5.74, 6) is -1.61. The molecule has 0 aliphatic carbocycles. The average molecular weight is 515 g/mol. The molecule has 1 aliphatic heterocycles. The Morgan fingerprint density at radius 1 is 0.882 bits per heavy atom. The van der Waals surface area contributed by atoms with Crippen molar-refractivity contribution in [2.45, 2.75) is 13.8 Å². The van der Waals surface area contributed by atoms with Crippen LogP contribution in [0.3, 0.4) is 0 Å². The minimum Gasteiger partial charge on any atom is -0.350 e. The van der Waals surface area contributed by atoms with E-state index in [4.69, 9.17) is 34.8 Å². The summed E-state index contributed by atoms with van der Waals surface area (Å²) in [6.45, 7) is 3.73. The molecule has 34 heavy (non-hydrogen) atoms. The number of hydrogen-bond acceptors (Lipinski definition) is 4. The molecule has 3 amide bonds. The monoisotopic (exact) mass is 513 g/mol. The molecule has 172 valence electrons. The lowest BCUT2D eigenvalue weighted by Gasteiger charge is -2.18. The van der Waals surface area contributed by atoms with Crippen molar-refractivity contribution in [3.63, 3.8) is 0 Å². The molecule has 0 atom stereocenters. The first-order valence-electron chi connectivity index (χ1n) is 10.2. The number of nitrogens with one attached hydrogen (secondary N) is 2. The van der Waals surface area contributed by atoms with Crippen molar-refractivity contribution >= 4 is 69.6 Å². The second-order valence-electron chi connectivity index (χ2n) is 7.64. The van der Waals surface area contributed by atoms with E-state index in [-0.39, 0.29) is 10.7 Å². The van der Waals surface area contributed by atoms with Crippen LogP contribution in [0.2, 0.25) is 10.0 Å². The molecule has 0 saturated carbocycles. The Balaban J connectivity index is 1.56. The minimum absolute atomic E-state index is 0.0640. The first kappa shape index (κ1) is 23.8. The van der Waals surface area contributed by atoms with Gasteiger partial charge in [0.15, 0.2) is 0 Å². The zero-order valence-corrected chi connectivity index (χ0v) is 20.3. The van der Waals surface area contributed by atoms with Crippen LogP contribution < -0.4 is 15.5 Å². The SMILES string of the molecule is Cc1cccc(N2C(=O)C(Cl)=C(Nc3cccc(C(=O)Nc4ccc(Cl)cc4Cl)c3)C2=O)c1C. The van der Waals surface area contributed by atoms with Crippen LogP contribution in [-0.4, -0.2) is 17.7 Å². The van der Waals surface area contributed by atoms with Gasteiger partial charge < -0.3 is 10.6 Å². The first-order chi connectivity index (χ1) is 16.2. The Morgan fingerprint density at radius 2 is 1.62 bits per heavy atom. The first-order valence-corrected chi connectivity index (χ1v) is 11.3. The highest BCUT2D eigenvalue weighted by atomic mass is 35.5. The van der Waals surface area contributed by atoms with Crippen molar-refractivity contribution in [1.82, 2.24) is 0 Å². The van der Waals surface area contributed by atoms with E-state index in [1.54, 1.807) is 42.5 Å². The fourth-order valence-corrected chi connectivity index (χ4v) is 4.14. The number of benzene rings is 3. The van der Waals surface area contributed by atoms with Gasteiger partial charge in [-0.1, -0.05) is 53.0 Å². The van der Waals surface area contributed by atoms with Crippen molar-refractivity contribution in [2.24, 2.45) is 0 Å². The van der Waals surface area contributed by atoms with Crippen molar-refractivity contribution in [3.8, 4) is 0 Å². The Hall–Kier alpha value is -3.32. The van der Waals surface area contributed by atoms with Crippen LogP contribution in [0.4, 0.5) is 17.1 Å². The van der Waals surface area contributed by atoms with Crippen LogP contribution in [0.25, 0.3) is 0 Å². The van der Waals surface area contributed by atoms with Crippen LogP contribution in [0, 0.1) is 13.8 Å². The molecule has 3 aromatic rings. The Morgan fingerprint density at radius 3 is 2.35 bits per heavy atom. The van der Waals surface area contributed by atoms with Gasteiger partial charge in [-0.25, -0.2) is 4.90 Å². The van der Waals surface area contributed by atoms with E-state index in [9.17, 15) is 14.4 Å². The van der Waals surface area contributed by atoms with Gasteiger partial charge in [-0.15, -0.1) is 0 Å². The van der Waals surface area contributed by atoms with E-state index in [2.05, 4.69) is 10.6 Å². The van der Waals surface area contributed by atoms with Crippen LogP contribution >= 0.6 is 34.8 Å². The second kappa shape index (κ2) is 9.50. The normalized spacial score (nSPS) is 13.5. The lowest BCUT2D eigenvalue weighted by Crippen LogP contribution is -2.33. The molecule has 6 nitrogen and oxygen atoms in total. The highest BCUT2D eigenvalue weighted by Gasteiger charge is 2.39. The van der Waals surface area contributed by atoms with Gasteiger partial charge in [0.2, 0.25) is 0 Å². The van der Waals surface area contributed by atoms with Gasteiger partial charge in [-0.2, -0.15) is 0 Å². The maximum Gasteiger partial charge on any atom is 0.283 e. The number of rotatable bonds is 5. The van der Waals surface area contributed by atoms with Crippen molar-refractivity contribution in [2.75, 3.05) is 15.5 Å². The number of anilines is 3. The molecule has 9 heteroatoms. The molecule has 2 N–H and O–H groups in total. The van der Waals surface area contributed by atoms with E-state index in [0.717, 1.165) is 16.0 Å². The third-order valence-electron chi connectivity index (χ3n) is 5.42. The molecule has 3 aromatic carbocycles. The fourth-order valence-electron chi connectivity index (χ4n) is 3.48. The Labute approximate surface area is 211 Å². The summed E-state index contributed by atoms with van der Waals surface area (Å²) in [4.78, 5) is 39.7. The van der Waals surface area contributed by atoms with E-state index >= 15 is 0 Å². The van der Waals surface area contributed by atoms with Crippen LogP contribution in [0.15, 0.2) is 71.4 Å². The third kappa shape index (κ3) is 4.53. The molecule has 1 heterocycles. The minimum atomic E-state index is -0.617. The number of aryl methyl sites for hydroxylation is 1. The zero-order valence-electron chi connectivity index (χ0n) is 18.1. The highest BCUT2D eigenvalue weighted by molar-refractivity contribution is 6.53. The standard InChI is InChI=1S/C25H18Cl3N3O3/c1-13-5-3-8-20(14(13)2)31-24(33)21(28)22(25(31)34)29-17-7-4-6-15(11-17)23(32)30-19-10-9-16(26)12-18(19)27/h3-12,29H,1-2H3,(H,30,32). The molecule has 0 bridgehead atoms. The van der Waals surface area contributed by atoms with Gasteiger partial charge in [0, 0.05) is 16.3 Å². The van der Waals surface area contributed by atoms with E-state index < -0.39 is 17.7 Å². The predicted molar refractivity (Wildman–Crippen MR) is 136 cm³/mol. The molecule has 1 aliphatic rings. The number of halogens is 3. The molecule has 0 fully saturated rings. The van der Waals surface area contributed by atoms with Crippen molar-refractivity contribution in [3.05, 3.63) is 98.1 Å². The Bertz CT molecular complexity index is 1380. The summed E-state index contributed by atoms with van der Waals surface area (Å²) in [6.07, 6.45) is 0. The van der Waals surface area contributed by atoms with Crippen LogP contribution in [-0.2, 0) is 9.59 Å². The molecule has 0 saturated heterocycles. The number of carbonyl (C=O) groups excluding carboxylic acids is 3. The molecule has 4 rings (SSSR count). The molecular formula is C25H18Cl3N3O3. The lowest BCUT2D eigenvalue weighted by molar-refractivity contribution is -0.120. The largest absolute Gasteiger partial charge is 0.350 e. The van der Waals surface area contributed by atoms with Gasteiger partial charge in [-0.05, 0) is 67.4 Å². The van der Waals surface area contributed by atoms with Gasteiger partial charge in [0.25, 0.3) is 17.7 Å². The number of carbonyl (C=O) groups is 3. The molecule has 0 radical (unpaired) electrons. The summed E-state index contributed by atoms with van der Waals surface area (Å²) >= 11 is 18.3. The van der Waals surface area contributed by atoms with Crippen LogP contribution in [0.1, 0.15) is 21.5 Å².